The lowest BCUT2D eigenvalue weighted by Gasteiger charge is -2.32. The lowest BCUT2D eigenvalue weighted by Crippen LogP contribution is -2.31. The number of carbonyl (C=O) groups is 1. The van der Waals surface area contributed by atoms with Crippen LogP contribution in [0.15, 0.2) is 66.7 Å². The average Bonchev–Trinajstić information content (AvgIpc) is 2.96. The van der Waals surface area contributed by atoms with Gasteiger partial charge in [-0.2, -0.15) is 0 Å². The first-order chi connectivity index (χ1) is 18.8. The molecule has 1 N–H and O–H groups in total. The Labute approximate surface area is 232 Å². The molecule has 0 aliphatic rings. The molecule has 0 atom stereocenters. The molecule has 0 spiro atoms. The van der Waals surface area contributed by atoms with Crippen LogP contribution in [0.3, 0.4) is 0 Å². The van der Waals surface area contributed by atoms with Gasteiger partial charge in [-0.1, -0.05) is 48.0 Å². The third-order valence-electron chi connectivity index (χ3n) is 6.67. The maximum Gasteiger partial charge on any atom is 0.336 e. The predicted molar refractivity (Wildman–Crippen MR) is 153 cm³/mol. The summed E-state index contributed by atoms with van der Waals surface area (Å²) in [7, 11) is 6.13. The van der Waals surface area contributed by atoms with Crippen molar-refractivity contribution in [3.05, 3.63) is 99.7 Å². The highest BCUT2D eigenvalue weighted by molar-refractivity contribution is 6.31. The Morgan fingerprint density at radius 2 is 1.64 bits per heavy atom. The molecule has 7 nitrogen and oxygen atoms in total. The molecule has 0 amide bonds. The molecule has 0 radical (unpaired) electrons. The minimum atomic E-state index is -1.11. The van der Waals surface area contributed by atoms with E-state index < -0.39 is 11.8 Å². The van der Waals surface area contributed by atoms with Crippen molar-refractivity contribution in [2.45, 2.75) is 18.6 Å². The molecule has 0 fully saturated rings. The molecule has 3 aromatic carbocycles. The zero-order chi connectivity index (χ0) is 28.0. The van der Waals surface area contributed by atoms with Crippen LogP contribution in [0.25, 0.3) is 23.1 Å². The molecule has 0 saturated heterocycles. The van der Waals surface area contributed by atoms with E-state index in [1.54, 1.807) is 20.3 Å². The molecule has 8 heteroatoms. The topological polar surface area (TPSA) is 87.1 Å². The zero-order valence-corrected chi connectivity index (χ0v) is 23.0. The number of carboxylic acids is 1. The molecule has 0 aliphatic heterocycles. The van der Waals surface area contributed by atoms with E-state index in [0.29, 0.717) is 34.9 Å². The summed E-state index contributed by atoms with van der Waals surface area (Å²) in [6.07, 6.45) is 4.61. The lowest BCUT2D eigenvalue weighted by molar-refractivity contribution is -0.219. The highest BCUT2D eigenvalue weighted by Crippen LogP contribution is 2.36. The predicted octanol–water partition coefficient (Wildman–Crippen LogP) is 6.85. The smallest absolute Gasteiger partial charge is 0.336 e. The number of aromatic carboxylic acids is 1. The largest absolute Gasteiger partial charge is 0.493 e. The van der Waals surface area contributed by atoms with Gasteiger partial charge in [0.05, 0.1) is 31.0 Å². The maximum absolute atomic E-state index is 12.0. The fourth-order valence-corrected chi connectivity index (χ4v) is 4.72. The summed E-state index contributed by atoms with van der Waals surface area (Å²) in [6, 6.07) is 20.5. The van der Waals surface area contributed by atoms with E-state index in [1.807, 2.05) is 66.7 Å². The Bertz CT molecular complexity index is 1510. The number of ether oxygens (including phenoxy) is 4. The van der Waals surface area contributed by atoms with E-state index in [4.69, 9.17) is 30.5 Å². The molecule has 0 bridgehead atoms. The summed E-state index contributed by atoms with van der Waals surface area (Å²) in [6.45, 7) is 0. The highest BCUT2D eigenvalue weighted by atomic mass is 35.5. The van der Waals surface area contributed by atoms with Crippen molar-refractivity contribution < 1.29 is 28.8 Å². The summed E-state index contributed by atoms with van der Waals surface area (Å²) >= 11 is 6.13. The lowest BCUT2D eigenvalue weighted by atomic mass is 9.93. The van der Waals surface area contributed by atoms with Crippen LogP contribution in [0, 0.1) is 0 Å². The number of aromatic nitrogens is 1. The summed E-state index contributed by atoms with van der Waals surface area (Å²) in [4.78, 5) is 16.6. The second-order valence-corrected chi connectivity index (χ2v) is 9.30. The second-order valence-electron chi connectivity index (χ2n) is 8.86. The summed E-state index contributed by atoms with van der Waals surface area (Å²) in [5.41, 5.74) is 4.06. The molecule has 0 aliphatic carbocycles. The standard InChI is InChI=1S/C31H30ClNO6/c1-36-28-17-22(26(30(34)35)19-29(28)37-2)14-15-31(38-3,39-4)23-7-5-6-20(16-23)8-12-25-13-10-21-9-11-24(32)18-27(21)33-25/h5-13,16-19H,14-15H2,1-4H3,(H,34,35)/b12-8+. The fourth-order valence-electron chi connectivity index (χ4n) is 4.55. The molecular formula is C31H30ClNO6. The SMILES string of the molecule is COc1cc(CCC(OC)(OC)c2cccc(/C=C/c3ccc4ccc(Cl)cc4n3)c2)c(C(=O)O)cc1OC. The van der Waals surface area contributed by atoms with Gasteiger partial charge in [0.1, 0.15) is 0 Å². The van der Waals surface area contributed by atoms with Crippen LogP contribution in [0.4, 0.5) is 0 Å². The van der Waals surface area contributed by atoms with Crippen molar-refractivity contribution in [1.82, 2.24) is 4.98 Å². The second kappa shape index (κ2) is 12.3. The van der Waals surface area contributed by atoms with E-state index in [9.17, 15) is 9.90 Å². The molecule has 0 unspecified atom stereocenters. The van der Waals surface area contributed by atoms with Gasteiger partial charge in [-0.05, 0) is 60.0 Å². The van der Waals surface area contributed by atoms with Crippen LogP contribution in [0.2, 0.25) is 5.02 Å². The number of fused-ring (bicyclic) bond motifs is 1. The Morgan fingerprint density at radius 3 is 2.33 bits per heavy atom. The fraction of sp³-hybridized carbons (Fsp3) is 0.226. The number of methoxy groups -OCH3 is 4. The van der Waals surface area contributed by atoms with Crippen molar-refractivity contribution in [3.8, 4) is 11.5 Å². The number of aryl methyl sites for hydroxylation is 1. The first-order valence-electron chi connectivity index (χ1n) is 12.3. The van der Waals surface area contributed by atoms with E-state index in [-0.39, 0.29) is 5.56 Å². The van der Waals surface area contributed by atoms with E-state index in [2.05, 4.69) is 4.98 Å². The minimum Gasteiger partial charge on any atom is -0.493 e. The first-order valence-corrected chi connectivity index (χ1v) is 12.6. The molecule has 39 heavy (non-hydrogen) atoms. The Kier molecular flexibility index (Phi) is 8.86. The molecule has 4 rings (SSSR count). The van der Waals surface area contributed by atoms with Crippen LogP contribution >= 0.6 is 11.6 Å². The van der Waals surface area contributed by atoms with Crippen LogP contribution in [-0.2, 0) is 21.7 Å². The molecule has 1 aromatic heterocycles. The van der Waals surface area contributed by atoms with Crippen LogP contribution < -0.4 is 9.47 Å². The monoisotopic (exact) mass is 547 g/mol. The summed E-state index contributed by atoms with van der Waals surface area (Å²) in [5.74, 6) is -1.35. The number of nitrogens with zero attached hydrogens (tertiary/aromatic N) is 1. The van der Waals surface area contributed by atoms with Gasteiger partial charge in [0, 0.05) is 36.6 Å². The van der Waals surface area contributed by atoms with Crippen molar-refractivity contribution in [2.75, 3.05) is 28.4 Å². The Morgan fingerprint density at radius 1 is 0.923 bits per heavy atom. The third kappa shape index (κ3) is 6.23. The zero-order valence-electron chi connectivity index (χ0n) is 22.2. The minimum absolute atomic E-state index is 0.134. The van der Waals surface area contributed by atoms with Crippen LogP contribution in [0.5, 0.6) is 11.5 Å². The number of halogens is 1. The Balaban J connectivity index is 1.61. The number of carboxylic acid groups (broad SMARTS) is 1. The molecule has 202 valence electrons. The number of pyridine rings is 1. The number of benzene rings is 3. The van der Waals surface area contributed by atoms with Crippen molar-refractivity contribution in [2.24, 2.45) is 0 Å². The maximum atomic E-state index is 12.0. The van der Waals surface area contributed by atoms with Crippen LogP contribution in [0.1, 0.15) is 39.2 Å². The van der Waals surface area contributed by atoms with E-state index in [1.165, 1.54) is 20.3 Å². The normalized spacial score (nSPS) is 11.7. The van der Waals surface area contributed by atoms with Crippen molar-refractivity contribution in [1.29, 1.82) is 0 Å². The number of hydrogen-bond donors (Lipinski definition) is 1. The summed E-state index contributed by atoms with van der Waals surface area (Å²) in [5, 5.41) is 11.5. The van der Waals surface area contributed by atoms with Gasteiger partial charge in [-0.25, -0.2) is 9.78 Å². The van der Waals surface area contributed by atoms with Gasteiger partial charge in [-0.3, -0.25) is 0 Å². The van der Waals surface area contributed by atoms with Gasteiger partial charge < -0.3 is 24.1 Å². The molecule has 0 saturated carbocycles. The molecular weight excluding hydrogens is 518 g/mol. The quantitative estimate of drug-likeness (QED) is 0.205. The molecule has 1 heterocycles. The summed E-state index contributed by atoms with van der Waals surface area (Å²) < 4.78 is 22.5. The number of rotatable bonds is 11. The van der Waals surface area contributed by atoms with Crippen LogP contribution in [-0.4, -0.2) is 44.5 Å². The van der Waals surface area contributed by atoms with Gasteiger partial charge >= 0.3 is 5.97 Å². The number of hydrogen-bond acceptors (Lipinski definition) is 6. The third-order valence-corrected chi connectivity index (χ3v) is 6.91. The van der Waals surface area contributed by atoms with E-state index in [0.717, 1.165) is 27.7 Å². The average molecular weight is 548 g/mol. The van der Waals surface area contributed by atoms with Gasteiger partial charge in [0.25, 0.3) is 0 Å². The molecule has 4 aromatic rings. The Hall–Kier alpha value is -3.91. The highest BCUT2D eigenvalue weighted by Gasteiger charge is 2.33. The van der Waals surface area contributed by atoms with E-state index >= 15 is 0 Å². The van der Waals surface area contributed by atoms with Crippen molar-refractivity contribution >= 4 is 40.6 Å². The first kappa shape index (κ1) is 28.1. The van der Waals surface area contributed by atoms with Crippen molar-refractivity contribution in [3.63, 3.8) is 0 Å². The van der Waals surface area contributed by atoms with Gasteiger partial charge in [-0.15, -0.1) is 0 Å². The van der Waals surface area contributed by atoms with Gasteiger partial charge in [0.2, 0.25) is 0 Å². The van der Waals surface area contributed by atoms with Gasteiger partial charge in [0.15, 0.2) is 17.3 Å².